The van der Waals surface area contributed by atoms with Crippen LogP contribution in [0.2, 0.25) is 0 Å². The lowest BCUT2D eigenvalue weighted by Gasteiger charge is -2.29. The Labute approximate surface area is 120 Å². The molecule has 104 valence electrons. The molecule has 1 heterocycles. The van der Waals surface area contributed by atoms with Gasteiger partial charge >= 0.3 is 0 Å². The third-order valence-electron chi connectivity index (χ3n) is 4.15. The largest absolute Gasteiger partial charge is 0.326 e. The Morgan fingerprint density at radius 2 is 2.05 bits per heavy atom. The molecule has 1 aromatic carbocycles. The first-order valence-corrected chi connectivity index (χ1v) is 7.28. The molecule has 1 aliphatic rings. The van der Waals surface area contributed by atoms with E-state index in [4.69, 9.17) is 11.6 Å². The Kier molecular flexibility index (Phi) is 3.91. The van der Waals surface area contributed by atoms with E-state index >= 15 is 0 Å². The lowest BCUT2D eigenvalue weighted by atomic mass is 9.79. The molecule has 0 bridgehead atoms. The molecule has 2 unspecified atom stereocenters. The summed E-state index contributed by atoms with van der Waals surface area (Å²) < 4.78 is 0. The van der Waals surface area contributed by atoms with Crippen LogP contribution >= 0.6 is 11.6 Å². The summed E-state index contributed by atoms with van der Waals surface area (Å²) in [5, 5.41) is 2.86. The Bertz CT molecular complexity index is 490. The van der Waals surface area contributed by atoms with Crippen molar-refractivity contribution in [2.45, 2.75) is 45.9 Å². The van der Waals surface area contributed by atoms with Crippen LogP contribution in [0.5, 0.6) is 0 Å². The standard InChI is InChI=1S/C16H22ClNO/c1-10(16(2,3)4)7-13(17)11-5-6-14-12(8-11)9-15(19)18-14/h5-6,8,10,13H,7,9H2,1-4H3,(H,18,19). The first-order chi connectivity index (χ1) is 8.77. The fraction of sp³-hybridized carbons (Fsp3) is 0.562. The molecule has 2 nitrogen and oxygen atoms in total. The van der Waals surface area contributed by atoms with Gasteiger partial charge in [-0.2, -0.15) is 0 Å². The number of hydrogen-bond acceptors (Lipinski definition) is 1. The van der Waals surface area contributed by atoms with Crippen molar-refractivity contribution in [3.8, 4) is 0 Å². The summed E-state index contributed by atoms with van der Waals surface area (Å²) in [5.74, 6) is 0.615. The van der Waals surface area contributed by atoms with E-state index in [9.17, 15) is 4.79 Å². The summed E-state index contributed by atoms with van der Waals surface area (Å²) in [6.45, 7) is 8.97. The van der Waals surface area contributed by atoms with Crippen LogP contribution in [0.3, 0.4) is 0 Å². The minimum absolute atomic E-state index is 0.00947. The van der Waals surface area contributed by atoms with Gasteiger partial charge in [0.05, 0.1) is 11.8 Å². The molecule has 0 spiro atoms. The molecule has 3 heteroatoms. The predicted molar refractivity (Wildman–Crippen MR) is 80.6 cm³/mol. The molecule has 2 atom stereocenters. The van der Waals surface area contributed by atoms with Crippen LogP contribution in [0, 0.1) is 11.3 Å². The van der Waals surface area contributed by atoms with Crippen molar-refractivity contribution in [2.75, 3.05) is 5.32 Å². The summed E-state index contributed by atoms with van der Waals surface area (Å²) in [6, 6.07) is 6.06. The summed E-state index contributed by atoms with van der Waals surface area (Å²) in [4.78, 5) is 11.3. The highest BCUT2D eigenvalue weighted by Gasteiger charge is 2.25. The Morgan fingerprint density at radius 1 is 1.37 bits per heavy atom. The van der Waals surface area contributed by atoms with Crippen LogP contribution in [0.4, 0.5) is 5.69 Å². The molecular formula is C16H22ClNO. The highest BCUT2D eigenvalue weighted by molar-refractivity contribution is 6.20. The minimum atomic E-state index is 0.00947. The first kappa shape index (κ1) is 14.4. The normalized spacial score (nSPS) is 17.8. The molecule has 0 saturated heterocycles. The maximum absolute atomic E-state index is 11.3. The fourth-order valence-electron chi connectivity index (χ4n) is 2.24. The quantitative estimate of drug-likeness (QED) is 0.809. The zero-order chi connectivity index (χ0) is 14.2. The number of nitrogens with one attached hydrogen (secondary N) is 1. The van der Waals surface area contributed by atoms with Crippen molar-refractivity contribution in [2.24, 2.45) is 11.3 Å². The fourth-order valence-corrected chi connectivity index (χ4v) is 2.65. The van der Waals surface area contributed by atoms with Crippen molar-refractivity contribution < 1.29 is 4.79 Å². The van der Waals surface area contributed by atoms with Gasteiger partial charge in [0.2, 0.25) is 5.91 Å². The molecule has 0 aromatic heterocycles. The Morgan fingerprint density at radius 3 is 2.68 bits per heavy atom. The number of halogens is 1. The van der Waals surface area contributed by atoms with E-state index in [-0.39, 0.29) is 16.7 Å². The van der Waals surface area contributed by atoms with E-state index in [0.717, 1.165) is 23.2 Å². The lowest BCUT2D eigenvalue weighted by molar-refractivity contribution is -0.115. The van der Waals surface area contributed by atoms with E-state index in [2.05, 4.69) is 39.1 Å². The van der Waals surface area contributed by atoms with Gasteiger partial charge in [-0.25, -0.2) is 0 Å². The number of carbonyl (C=O) groups excluding carboxylic acids is 1. The summed E-state index contributed by atoms with van der Waals surface area (Å²) in [7, 11) is 0. The molecule has 19 heavy (non-hydrogen) atoms. The number of benzene rings is 1. The van der Waals surface area contributed by atoms with Gasteiger partial charge < -0.3 is 5.32 Å². The second-order valence-corrected chi connectivity index (χ2v) is 7.14. The van der Waals surface area contributed by atoms with E-state index in [1.54, 1.807) is 0 Å². The van der Waals surface area contributed by atoms with Crippen molar-refractivity contribution in [3.63, 3.8) is 0 Å². The monoisotopic (exact) mass is 279 g/mol. The maximum atomic E-state index is 11.3. The van der Waals surface area contributed by atoms with Gasteiger partial charge in [-0.05, 0) is 34.9 Å². The highest BCUT2D eigenvalue weighted by atomic mass is 35.5. The zero-order valence-electron chi connectivity index (χ0n) is 12.1. The van der Waals surface area contributed by atoms with E-state index < -0.39 is 0 Å². The minimum Gasteiger partial charge on any atom is -0.326 e. The number of anilines is 1. The summed E-state index contributed by atoms with van der Waals surface area (Å²) >= 11 is 6.54. The predicted octanol–water partition coefficient (Wildman–Crippen LogP) is 4.53. The van der Waals surface area contributed by atoms with Gasteiger partial charge in [0.1, 0.15) is 0 Å². The number of amides is 1. The average Bonchev–Trinajstić information content (AvgIpc) is 2.66. The van der Waals surface area contributed by atoms with Gasteiger partial charge in [-0.15, -0.1) is 11.6 Å². The topological polar surface area (TPSA) is 29.1 Å². The van der Waals surface area contributed by atoms with Gasteiger partial charge in [0.15, 0.2) is 0 Å². The molecule has 2 rings (SSSR count). The molecule has 0 fully saturated rings. The Hall–Kier alpha value is -1.02. The van der Waals surface area contributed by atoms with Gasteiger partial charge in [-0.1, -0.05) is 39.8 Å². The summed E-state index contributed by atoms with van der Waals surface area (Å²) in [5.41, 5.74) is 3.38. The maximum Gasteiger partial charge on any atom is 0.228 e. The van der Waals surface area contributed by atoms with Crippen LogP contribution in [-0.2, 0) is 11.2 Å². The van der Waals surface area contributed by atoms with Crippen molar-refractivity contribution in [1.29, 1.82) is 0 Å². The summed E-state index contributed by atoms with van der Waals surface area (Å²) in [6.07, 6.45) is 1.42. The average molecular weight is 280 g/mol. The molecule has 1 N–H and O–H groups in total. The first-order valence-electron chi connectivity index (χ1n) is 6.84. The van der Waals surface area contributed by atoms with Gasteiger partial charge in [0, 0.05) is 5.69 Å². The van der Waals surface area contributed by atoms with Crippen LogP contribution in [0.25, 0.3) is 0 Å². The third-order valence-corrected chi connectivity index (χ3v) is 4.59. The lowest BCUT2D eigenvalue weighted by Crippen LogP contribution is -2.18. The van der Waals surface area contributed by atoms with Crippen LogP contribution in [-0.4, -0.2) is 5.91 Å². The number of hydrogen-bond donors (Lipinski definition) is 1. The third kappa shape index (κ3) is 3.30. The van der Waals surface area contributed by atoms with Gasteiger partial charge in [0.25, 0.3) is 0 Å². The SMILES string of the molecule is CC(CC(Cl)c1ccc2c(c1)CC(=O)N2)C(C)(C)C. The Balaban J connectivity index is 2.11. The molecule has 1 amide bonds. The van der Waals surface area contributed by atoms with E-state index in [1.165, 1.54) is 0 Å². The number of carbonyl (C=O) groups is 1. The number of rotatable bonds is 3. The smallest absolute Gasteiger partial charge is 0.228 e. The molecule has 1 aliphatic heterocycles. The van der Waals surface area contributed by atoms with E-state index in [0.29, 0.717) is 12.3 Å². The molecule has 1 aromatic rings. The van der Waals surface area contributed by atoms with Crippen molar-refractivity contribution in [3.05, 3.63) is 29.3 Å². The van der Waals surface area contributed by atoms with Crippen LogP contribution in [0.15, 0.2) is 18.2 Å². The van der Waals surface area contributed by atoms with Crippen molar-refractivity contribution in [1.82, 2.24) is 0 Å². The molecule has 0 aliphatic carbocycles. The highest BCUT2D eigenvalue weighted by Crippen LogP contribution is 2.37. The van der Waals surface area contributed by atoms with Gasteiger partial charge in [-0.3, -0.25) is 4.79 Å². The van der Waals surface area contributed by atoms with E-state index in [1.807, 2.05) is 12.1 Å². The second-order valence-electron chi connectivity index (χ2n) is 6.61. The molecule has 0 saturated carbocycles. The second kappa shape index (κ2) is 5.16. The van der Waals surface area contributed by atoms with Crippen molar-refractivity contribution >= 4 is 23.2 Å². The molecular weight excluding hydrogens is 258 g/mol. The van der Waals surface area contributed by atoms with Crippen LogP contribution < -0.4 is 5.32 Å². The van der Waals surface area contributed by atoms with Crippen LogP contribution in [0.1, 0.15) is 50.6 Å². The zero-order valence-corrected chi connectivity index (χ0v) is 12.8. The number of fused-ring (bicyclic) bond motifs is 1. The molecule has 0 radical (unpaired) electrons. The number of alkyl halides is 1.